The average molecular weight is 357 g/mol. The smallest absolute Gasteiger partial charge is 0.216 e. The molecule has 2 aliphatic rings. The van der Waals surface area contributed by atoms with E-state index in [1.807, 2.05) is 13.8 Å². The third-order valence-corrected chi connectivity index (χ3v) is 4.56. The number of hydrogen-bond donors (Lipinski definition) is 2. The number of ether oxygens (including phenoxy) is 2. The van der Waals surface area contributed by atoms with Crippen molar-refractivity contribution in [3.63, 3.8) is 0 Å². The molecule has 2 aromatic rings. The van der Waals surface area contributed by atoms with Crippen molar-refractivity contribution in [2.24, 2.45) is 10.9 Å². The molecule has 0 bridgehead atoms. The fourth-order valence-electron chi connectivity index (χ4n) is 3.41. The molecule has 1 aliphatic heterocycles. The van der Waals surface area contributed by atoms with Crippen LogP contribution in [0.4, 0.5) is 5.82 Å². The summed E-state index contributed by atoms with van der Waals surface area (Å²) in [5.41, 5.74) is 1.31. The van der Waals surface area contributed by atoms with Crippen molar-refractivity contribution < 1.29 is 19.4 Å². The third kappa shape index (κ3) is 2.94. The second-order valence-corrected chi connectivity index (χ2v) is 6.83. The molecule has 2 N–H and O–H groups in total. The number of ketones is 1. The van der Waals surface area contributed by atoms with E-state index < -0.39 is 5.79 Å². The van der Waals surface area contributed by atoms with Gasteiger partial charge in [-0.15, -0.1) is 0 Å². The first-order valence-corrected chi connectivity index (χ1v) is 8.36. The Morgan fingerprint density at radius 2 is 2.31 bits per heavy atom. The average Bonchev–Trinajstić information content (AvgIpc) is 3.31. The number of aliphatic hydroxyl groups is 1. The van der Waals surface area contributed by atoms with E-state index in [-0.39, 0.29) is 41.9 Å². The summed E-state index contributed by atoms with van der Waals surface area (Å²) in [6.07, 6.45) is 4.16. The van der Waals surface area contributed by atoms with E-state index in [0.717, 1.165) is 0 Å². The molecule has 1 saturated carbocycles. The molecule has 2 fully saturated rings. The highest BCUT2D eigenvalue weighted by molar-refractivity contribution is 6.10. The number of carbonyl (C=O) groups is 1. The summed E-state index contributed by atoms with van der Waals surface area (Å²) in [7, 11) is 0. The van der Waals surface area contributed by atoms with E-state index in [1.165, 1.54) is 18.7 Å². The van der Waals surface area contributed by atoms with Crippen molar-refractivity contribution in [3.8, 4) is 0 Å². The molecule has 4 rings (SSSR count). The topological polar surface area (TPSA) is 123 Å². The number of hydrogen-bond acceptors (Lipinski definition) is 8. The largest absolute Gasteiger partial charge is 0.396 e. The first-order chi connectivity index (χ1) is 12.5. The molecule has 2 aromatic heterocycles. The van der Waals surface area contributed by atoms with Crippen LogP contribution < -0.4 is 0 Å². The monoisotopic (exact) mass is 357 g/mol. The van der Waals surface area contributed by atoms with Crippen molar-refractivity contribution in [1.29, 1.82) is 0 Å². The highest BCUT2D eigenvalue weighted by Gasteiger charge is 2.52. The first-order valence-electron chi connectivity index (χ1n) is 8.36. The predicted octanol–water partition coefficient (Wildman–Crippen LogP) is 1.04. The standard InChI is InChI=1S/C17H19N5O4/c1-17(2)25-14-9(7-23)5-12(15(14)26-17)21-16-10(6-18-8-19-16)13(24)11-3-4-20-22-11/h3-4,6,8-9,14-15,23H,5,7H2,1-2H3,(H,20,22). The second kappa shape index (κ2) is 6.35. The maximum atomic E-state index is 12.6. The van der Waals surface area contributed by atoms with Crippen LogP contribution in [-0.4, -0.2) is 61.4 Å². The minimum Gasteiger partial charge on any atom is -0.396 e. The SMILES string of the molecule is CC1(C)OC2C(=Nc3ncncc3C(=O)c3ccn[nH]3)CC(CO)C2O1. The number of aliphatic imine (C=N–C) groups is 1. The molecule has 0 radical (unpaired) electrons. The lowest BCUT2D eigenvalue weighted by Crippen LogP contribution is -2.27. The lowest BCUT2D eigenvalue weighted by atomic mass is 10.1. The maximum Gasteiger partial charge on any atom is 0.216 e. The Hall–Kier alpha value is -2.49. The number of nitrogens with one attached hydrogen (secondary N) is 1. The second-order valence-electron chi connectivity index (χ2n) is 6.83. The fourth-order valence-corrected chi connectivity index (χ4v) is 3.41. The van der Waals surface area contributed by atoms with Crippen LogP contribution in [0.2, 0.25) is 0 Å². The van der Waals surface area contributed by atoms with Gasteiger partial charge in [0.15, 0.2) is 11.6 Å². The summed E-state index contributed by atoms with van der Waals surface area (Å²) in [5, 5.41) is 16.1. The Bertz CT molecular complexity index is 849. The van der Waals surface area contributed by atoms with Crippen molar-refractivity contribution in [1.82, 2.24) is 20.2 Å². The van der Waals surface area contributed by atoms with Gasteiger partial charge in [-0.05, 0) is 26.3 Å². The van der Waals surface area contributed by atoms with Crippen LogP contribution in [0.5, 0.6) is 0 Å². The van der Waals surface area contributed by atoms with Gasteiger partial charge in [0.1, 0.15) is 18.1 Å². The van der Waals surface area contributed by atoms with E-state index in [0.29, 0.717) is 17.8 Å². The molecule has 3 atom stereocenters. The van der Waals surface area contributed by atoms with Gasteiger partial charge in [-0.25, -0.2) is 15.0 Å². The van der Waals surface area contributed by atoms with Crippen LogP contribution in [0.1, 0.15) is 36.3 Å². The zero-order valence-electron chi connectivity index (χ0n) is 14.4. The molecule has 26 heavy (non-hydrogen) atoms. The number of H-pyrrole nitrogens is 1. The molecule has 1 aliphatic carbocycles. The Kier molecular flexibility index (Phi) is 4.14. The normalized spacial score (nSPS) is 28.4. The predicted molar refractivity (Wildman–Crippen MR) is 90.2 cm³/mol. The van der Waals surface area contributed by atoms with Gasteiger partial charge in [-0.2, -0.15) is 5.10 Å². The minimum absolute atomic E-state index is 0.0245. The molecule has 9 heteroatoms. The third-order valence-electron chi connectivity index (χ3n) is 4.56. The lowest BCUT2D eigenvalue weighted by molar-refractivity contribution is -0.150. The zero-order valence-corrected chi connectivity index (χ0v) is 14.4. The number of aromatic amines is 1. The maximum absolute atomic E-state index is 12.6. The minimum atomic E-state index is -0.746. The van der Waals surface area contributed by atoms with Crippen LogP contribution in [0, 0.1) is 5.92 Å². The van der Waals surface area contributed by atoms with E-state index in [2.05, 4.69) is 25.2 Å². The Morgan fingerprint density at radius 3 is 3.04 bits per heavy atom. The molecule has 3 heterocycles. The summed E-state index contributed by atoms with van der Waals surface area (Å²) < 4.78 is 11.9. The van der Waals surface area contributed by atoms with Gasteiger partial charge in [0.25, 0.3) is 0 Å². The molecule has 0 aromatic carbocycles. The highest BCUT2D eigenvalue weighted by atomic mass is 16.8. The quantitative estimate of drug-likeness (QED) is 0.784. The van der Waals surface area contributed by atoms with Crippen molar-refractivity contribution >= 4 is 17.3 Å². The molecule has 0 amide bonds. The van der Waals surface area contributed by atoms with Gasteiger partial charge in [-0.1, -0.05) is 0 Å². The molecular formula is C17H19N5O4. The van der Waals surface area contributed by atoms with Crippen LogP contribution in [-0.2, 0) is 9.47 Å². The van der Waals surface area contributed by atoms with Gasteiger partial charge >= 0.3 is 0 Å². The van der Waals surface area contributed by atoms with Crippen LogP contribution in [0.3, 0.4) is 0 Å². The number of nitrogens with zero attached hydrogens (tertiary/aromatic N) is 4. The molecule has 0 spiro atoms. The van der Waals surface area contributed by atoms with Crippen LogP contribution in [0.25, 0.3) is 0 Å². The van der Waals surface area contributed by atoms with Gasteiger partial charge in [-0.3, -0.25) is 9.89 Å². The van der Waals surface area contributed by atoms with Crippen molar-refractivity contribution in [2.75, 3.05) is 6.61 Å². The zero-order chi connectivity index (χ0) is 18.3. The first kappa shape index (κ1) is 17.0. The summed E-state index contributed by atoms with van der Waals surface area (Å²) in [6.45, 7) is 3.63. The molecule has 3 unspecified atom stereocenters. The molecule has 1 saturated heterocycles. The van der Waals surface area contributed by atoms with E-state index in [9.17, 15) is 9.90 Å². The number of aromatic nitrogens is 4. The Morgan fingerprint density at radius 1 is 1.46 bits per heavy atom. The Labute approximate surface area is 149 Å². The van der Waals surface area contributed by atoms with E-state index >= 15 is 0 Å². The van der Waals surface area contributed by atoms with Gasteiger partial charge in [0, 0.05) is 24.9 Å². The van der Waals surface area contributed by atoms with Gasteiger partial charge in [0.05, 0.1) is 17.4 Å². The van der Waals surface area contributed by atoms with E-state index in [4.69, 9.17) is 9.47 Å². The van der Waals surface area contributed by atoms with Crippen LogP contribution >= 0.6 is 0 Å². The van der Waals surface area contributed by atoms with Crippen molar-refractivity contribution in [2.45, 2.75) is 38.3 Å². The van der Waals surface area contributed by atoms with Gasteiger partial charge < -0.3 is 14.6 Å². The van der Waals surface area contributed by atoms with Crippen molar-refractivity contribution in [3.05, 3.63) is 36.0 Å². The molecule has 136 valence electrons. The number of rotatable bonds is 4. The number of carbonyl (C=O) groups excluding carboxylic acids is 1. The summed E-state index contributed by atoms with van der Waals surface area (Å²) in [6, 6.07) is 1.58. The number of aliphatic hydroxyl groups excluding tert-OH is 1. The number of fused-ring (bicyclic) bond motifs is 1. The van der Waals surface area contributed by atoms with E-state index in [1.54, 1.807) is 6.07 Å². The van der Waals surface area contributed by atoms with Crippen LogP contribution in [0.15, 0.2) is 29.8 Å². The fraction of sp³-hybridized carbons (Fsp3) is 0.471. The summed E-state index contributed by atoms with van der Waals surface area (Å²) in [4.78, 5) is 25.3. The highest BCUT2D eigenvalue weighted by Crippen LogP contribution is 2.40. The Balaban J connectivity index is 1.70. The van der Waals surface area contributed by atoms with Gasteiger partial charge in [0.2, 0.25) is 5.78 Å². The summed E-state index contributed by atoms with van der Waals surface area (Å²) >= 11 is 0. The summed E-state index contributed by atoms with van der Waals surface area (Å²) in [5.74, 6) is -0.876. The molecular weight excluding hydrogens is 338 g/mol. The lowest BCUT2D eigenvalue weighted by Gasteiger charge is -2.20. The molecule has 9 nitrogen and oxygen atoms in total.